The SMILES string of the molecule is [O-][NH+](O)c1ccc(NN=Cc2cccc3c(Br)ccc([NH+]([O-])O)c23)cc1. The minimum absolute atomic E-state index is 0.185. The van der Waals surface area contributed by atoms with E-state index in [-0.39, 0.29) is 11.4 Å². The molecule has 3 rings (SSSR count). The summed E-state index contributed by atoms with van der Waals surface area (Å²) in [6.07, 6.45) is 1.53. The van der Waals surface area contributed by atoms with Gasteiger partial charge in [0.2, 0.25) is 0 Å². The van der Waals surface area contributed by atoms with Crippen molar-refractivity contribution in [1.29, 1.82) is 0 Å². The highest BCUT2D eigenvalue weighted by Gasteiger charge is 2.13. The van der Waals surface area contributed by atoms with Crippen LogP contribution in [-0.2, 0) is 0 Å². The van der Waals surface area contributed by atoms with Crippen LogP contribution in [-0.4, -0.2) is 16.6 Å². The van der Waals surface area contributed by atoms with E-state index >= 15 is 0 Å². The molecule has 26 heavy (non-hydrogen) atoms. The lowest BCUT2D eigenvalue weighted by molar-refractivity contribution is -0.991. The van der Waals surface area contributed by atoms with Crippen molar-refractivity contribution < 1.29 is 20.9 Å². The number of hydrogen-bond donors (Lipinski definition) is 5. The quantitative estimate of drug-likeness (QED) is 0.320. The highest BCUT2D eigenvalue weighted by molar-refractivity contribution is 9.10. The number of halogens is 1. The number of quaternary nitrogens is 2. The van der Waals surface area contributed by atoms with E-state index in [0.717, 1.165) is 9.86 Å². The van der Waals surface area contributed by atoms with Gasteiger partial charge in [-0.1, -0.05) is 34.1 Å². The maximum atomic E-state index is 11.5. The summed E-state index contributed by atoms with van der Waals surface area (Å²) in [6.45, 7) is 0. The van der Waals surface area contributed by atoms with E-state index in [2.05, 4.69) is 26.5 Å². The summed E-state index contributed by atoms with van der Waals surface area (Å²) in [7, 11) is 0. The summed E-state index contributed by atoms with van der Waals surface area (Å²) < 4.78 is 0.796. The van der Waals surface area contributed by atoms with Crippen LogP contribution in [0.15, 0.2) is 64.2 Å². The summed E-state index contributed by atoms with van der Waals surface area (Å²) in [6, 6.07) is 14.8. The number of nitrogens with zero attached hydrogens (tertiary/aromatic N) is 1. The molecule has 0 spiro atoms. The lowest BCUT2D eigenvalue weighted by Crippen LogP contribution is -2.99. The molecule has 0 saturated carbocycles. The minimum Gasteiger partial charge on any atom is -0.595 e. The molecule has 0 aromatic heterocycles. The number of anilines is 1. The topological polar surface area (TPSA) is 120 Å². The Balaban J connectivity index is 1.91. The van der Waals surface area contributed by atoms with Gasteiger partial charge in [-0.05, 0) is 18.2 Å². The Kier molecular flexibility index (Phi) is 5.59. The predicted octanol–water partition coefficient (Wildman–Crippen LogP) is 1.86. The Morgan fingerprint density at radius 1 is 0.962 bits per heavy atom. The normalized spacial score (nSPS) is 13.9. The molecule has 0 aliphatic rings. The fourth-order valence-electron chi connectivity index (χ4n) is 2.55. The summed E-state index contributed by atoms with van der Waals surface area (Å²) in [4.78, 5) is 0. The highest BCUT2D eigenvalue weighted by Crippen LogP contribution is 2.30. The molecule has 0 aliphatic carbocycles. The number of benzene rings is 3. The Bertz CT molecular complexity index is 945. The van der Waals surface area contributed by atoms with Crippen LogP contribution in [0.2, 0.25) is 0 Å². The lowest BCUT2D eigenvalue weighted by Gasteiger charge is -2.16. The van der Waals surface area contributed by atoms with E-state index in [4.69, 9.17) is 5.21 Å². The van der Waals surface area contributed by atoms with Gasteiger partial charge in [-0.2, -0.15) is 15.6 Å². The van der Waals surface area contributed by atoms with E-state index < -0.39 is 10.5 Å². The van der Waals surface area contributed by atoms with Crippen molar-refractivity contribution in [3.63, 3.8) is 0 Å². The summed E-state index contributed by atoms with van der Waals surface area (Å²) in [5, 5.41) is 44.2. The standard InChI is InChI=1S/C17H15BrN4O4/c18-15-8-9-16(22(25)26)17-11(2-1-3-14(15)17)10-19-20-12-4-6-13(7-5-12)21(23)24/h1-10,20-23,25H. The zero-order valence-corrected chi connectivity index (χ0v) is 14.9. The number of hydrazone groups is 1. The van der Waals surface area contributed by atoms with Crippen molar-refractivity contribution in [2.75, 3.05) is 5.43 Å². The zero-order valence-electron chi connectivity index (χ0n) is 13.3. The van der Waals surface area contributed by atoms with Crippen LogP contribution < -0.4 is 15.9 Å². The second-order valence-electron chi connectivity index (χ2n) is 5.42. The molecular formula is C17H15BrN4O4. The predicted molar refractivity (Wildman–Crippen MR) is 101 cm³/mol. The molecule has 0 aliphatic heterocycles. The van der Waals surface area contributed by atoms with Crippen molar-refractivity contribution in [3.8, 4) is 0 Å². The summed E-state index contributed by atoms with van der Waals surface area (Å²) in [5.74, 6) is 0. The third-order valence-corrected chi connectivity index (χ3v) is 4.47. The molecule has 8 nitrogen and oxygen atoms in total. The first kappa shape index (κ1) is 18.4. The van der Waals surface area contributed by atoms with E-state index in [1.165, 1.54) is 18.3 Å². The number of rotatable bonds is 5. The van der Waals surface area contributed by atoms with Gasteiger partial charge in [-0.25, -0.2) is 10.4 Å². The maximum Gasteiger partial charge on any atom is 0.172 e. The van der Waals surface area contributed by atoms with Crippen molar-refractivity contribution in [1.82, 2.24) is 0 Å². The Morgan fingerprint density at radius 3 is 2.35 bits per heavy atom. The first-order valence-electron chi connectivity index (χ1n) is 7.54. The Morgan fingerprint density at radius 2 is 1.69 bits per heavy atom. The number of hydrogen-bond acceptors (Lipinski definition) is 6. The molecule has 3 aromatic carbocycles. The van der Waals surface area contributed by atoms with Crippen LogP contribution in [0.4, 0.5) is 17.1 Å². The molecule has 5 N–H and O–H groups in total. The molecule has 2 unspecified atom stereocenters. The molecule has 2 atom stereocenters. The third kappa shape index (κ3) is 3.89. The second-order valence-corrected chi connectivity index (χ2v) is 6.28. The number of fused-ring (bicyclic) bond motifs is 1. The molecule has 0 heterocycles. The monoisotopic (exact) mass is 418 g/mol. The van der Waals surface area contributed by atoms with Gasteiger partial charge in [0.25, 0.3) is 0 Å². The fraction of sp³-hybridized carbons (Fsp3) is 0. The molecule has 134 valence electrons. The third-order valence-electron chi connectivity index (χ3n) is 3.78. The molecule has 0 radical (unpaired) electrons. The molecule has 9 heteroatoms. The van der Waals surface area contributed by atoms with Crippen LogP contribution in [0.1, 0.15) is 5.56 Å². The van der Waals surface area contributed by atoms with Crippen LogP contribution in [0.3, 0.4) is 0 Å². The summed E-state index contributed by atoms with van der Waals surface area (Å²) >= 11 is 3.44. The molecule has 0 saturated heterocycles. The van der Waals surface area contributed by atoms with Gasteiger partial charge in [0, 0.05) is 33.6 Å². The second kappa shape index (κ2) is 7.89. The Hall–Kier alpha value is -2.37. The van der Waals surface area contributed by atoms with Gasteiger partial charge < -0.3 is 10.4 Å². The zero-order chi connectivity index (χ0) is 18.7. The van der Waals surface area contributed by atoms with Crippen LogP contribution >= 0.6 is 15.9 Å². The molecule has 3 aromatic rings. The molecule has 0 amide bonds. The average Bonchev–Trinajstić information content (AvgIpc) is 2.62. The average molecular weight is 419 g/mol. The van der Waals surface area contributed by atoms with Gasteiger partial charge in [0.1, 0.15) is 0 Å². The Labute approximate surface area is 156 Å². The van der Waals surface area contributed by atoms with Crippen molar-refractivity contribution in [2.45, 2.75) is 0 Å². The molecule has 0 fully saturated rings. The van der Waals surface area contributed by atoms with E-state index in [1.54, 1.807) is 30.3 Å². The van der Waals surface area contributed by atoms with Crippen molar-refractivity contribution >= 4 is 50.0 Å². The fourth-order valence-corrected chi connectivity index (χ4v) is 3.01. The molecular weight excluding hydrogens is 404 g/mol. The largest absolute Gasteiger partial charge is 0.595 e. The first-order valence-corrected chi connectivity index (χ1v) is 8.33. The lowest BCUT2D eigenvalue weighted by atomic mass is 10.0. The van der Waals surface area contributed by atoms with E-state index in [0.29, 0.717) is 16.6 Å². The van der Waals surface area contributed by atoms with Crippen LogP contribution in [0, 0.1) is 10.4 Å². The first-order chi connectivity index (χ1) is 12.5. The molecule has 0 bridgehead atoms. The number of nitrogens with one attached hydrogen (secondary N) is 3. The van der Waals surface area contributed by atoms with Gasteiger partial charge in [0.05, 0.1) is 17.3 Å². The van der Waals surface area contributed by atoms with Crippen LogP contribution in [0.5, 0.6) is 0 Å². The van der Waals surface area contributed by atoms with E-state index in [1.807, 2.05) is 12.1 Å². The van der Waals surface area contributed by atoms with Gasteiger partial charge >= 0.3 is 0 Å². The van der Waals surface area contributed by atoms with Crippen molar-refractivity contribution in [3.05, 3.63) is 75.0 Å². The minimum atomic E-state index is -1.01. The highest BCUT2D eigenvalue weighted by atomic mass is 79.9. The van der Waals surface area contributed by atoms with Crippen molar-refractivity contribution in [2.24, 2.45) is 5.10 Å². The smallest absolute Gasteiger partial charge is 0.172 e. The van der Waals surface area contributed by atoms with Gasteiger partial charge in [-0.15, -0.1) is 0 Å². The summed E-state index contributed by atoms with van der Waals surface area (Å²) in [5.41, 5.74) is 4.45. The van der Waals surface area contributed by atoms with Gasteiger partial charge in [0.15, 0.2) is 11.4 Å². The van der Waals surface area contributed by atoms with Gasteiger partial charge in [-0.3, -0.25) is 5.43 Å². The maximum absolute atomic E-state index is 11.5. The van der Waals surface area contributed by atoms with E-state index in [9.17, 15) is 15.6 Å². The van der Waals surface area contributed by atoms with Crippen LogP contribution in [0.25, 0.3) is 10.8 Å².